The number of urea groups is 1. The van der Waals surface area contributed by atoms with Gasteiger partial charge in [-0.1, -0.05) is 19.3 Å². The maximum Gasteiger partial charge on any atom is 0.317 e. The van der Waals surface area contributed by atoms with Crippen LogP contribution < -0.4 is 5.32 Å². The van der Waals surface area contributed by atoms with Crippen molar-refractivity contribution < 1.29 is 4.79 Å². The number of hydrogen-bond acceptors (Lipinski definition) is 3. The fourth-order valence-corrected chi connectivity index (χ4v) is 4.13. The van der Waals surface area contributed by atoms with Gasteiger partial charge in [-0.25, -0.2) is 14.8 Å². The normalized spacial score (nSPS) is 22.2. The molecule has 4 rings (SSSR count). The van der Waals surface area contributed by atoms with Crippen molar-refractivity contribution in [3.63, 3.8) is 0 Å². The third-order valence-electron chi connectivity index (χ3n) is 5.37. The lowest BCUT2D eigenvalue weighted by Gasteiger charge is -2.26. The Bertz CT molecular complexity index is 734. The van der Waals surface area contributed by atoms with Gasteiger partial charge in [-0.15, -0.1) is 0 Å². The minimum absolute atomic E-state index is 0.0967. The molecule has 2 aromatic heterocycles. The summed E-state index contributed by atoms with van der Waals surface area (Å²) in [5.41, 5.74) is 1.86. The Labute approximate surface area is 142 Å². The van der Waals surface area contributed by atoms with E-state index in [4.69, 9.17) is 0 Å². The van der Waals surface area contributed by atoms with Crippen LogP contribution in [0, 0.1) is 6.92 Å². The van der Waals surface area contributed by atoms with Gasteiger partial charge < -0.3 is 14.8 Å². The summed E-state index contributed by atoms with van der Waals surface area (Å²) in [5, 5.41) is 3.22. The number of likely N-dealkylation sites (tertiary alicyclic amines) is 1. The summed E-state index contributed by atoms with van der Waals surface area (Å²) in [5.74, 6) is 0.975. The topological polar surface area (TPSA) is 63.1 Å². The molecule has 1 aliphatic heterocycles. The summed E-state index contributed by atoms with van der Waals surface area (Å²) in [7, 11) is 0. The molecule has 2 amide bonds. The van der Waals surface area contributed by atoms with Gasteiger partial charge >= 0.3 is 6.03 Å². The van der Waals surface area contributed by atoms with E-state index in [1.807, 2.05) is 30.2 Å². The van der Waals surface area contributed by atoms with Gasteiger partial charge in [0.2, 0.25) is 0 Å². The second kappa shape index (κ2) is 6.42. The molecule has 0 bridgehead atoms. The van der Waals surface area contributed by atoms with E-state index in [2.05, 4.69) is 19.9 Å². The van der Waals surface area contributed by atoms with Gasteiger partial charge in [-0.3, -0.25) is 0 Å². The minimum Gasteiger partial charge on any atom is -0.335 e. The fraction of sp³-hybridized carbons (Fsp3) is 0.611. The SMILES string of the molecule is Cc1nc2cccnc2n1[C@@H]1CCN(C(=O)NC2CCCCC2)C1. The van der Waals surface area contributed by atoms with Gasteiger partial charge in [0, 0.05) is 25.3 Å². The first kappa shape index (κ1) is 15.4. The Kier molecular flexibility index (Phi) is 4.12. The number of aromatic nitrogens is 3. The molecular weight excluding hydrogens is 302 g/mol. The maximum atomic E-state index is 12.6. The molecule has 2 aromatic rings. The van der Waals surface area contributed by atoms with Crippen molar-refractivity contribution in [2.45, 2.75) is 57.5 Å². The number of imidazole rings is 1. The monoisotopic (exact) mass is 327 g/mol. The van der Waals surface area contributed by atoms with E-state index >= 15 is 0 Å². The first-order valence-electron chi connectivity index (χ1n) is 9.07. The van der Waals surface area contributed by atoms with Crippen LogP contribution in [0.5, 0.6) is 0 Å². The van der Waals surface area contributed by atoms with Crippen molar-refractivity contribution in [2.24, 2.45) is 0 Å². The zero-order chi connectivity index (χ0) is 16.5. The van der Waals surface area contributed by atoms with Crippen molar-refractivity contribution in [1.29, 1.82) is 0 Å². The van der Waals surface area contributed by atoms with E-state index in [1.54, 1.807) is 0 Å². The average Bonchev–Trinajstić information content (AvgIpc) is 3.19. The van der Waals surface area contributed by atoms with Crippen LogP contribution in [-0.4, -0.2) is 44.6 Å². The van der Waals surface area contributed by atoms with E-state index in [0.29, 0.717) is 6.04 Å². The van der Waals surface area contributed by atoms with Gasteiger partial charge in [0.25, 0.3) is 0 Å². The molecule has 0 unspecified atom stereocenters. The highest BCUT2D eigenvalue weighted by molar-refractivity contribution is 5.75. The summed E-state index contributed by atoms with van der Waals surface area (Å²) in [6.45, 7) is 3.56. The van der Waals surface area contributed by atoms with Gasteiger partial charge in [-0.2, -0.15) is 0 Å². The van der Waals surface area contributed by atoms with Crippen molar-refractivity contribution in [3.05, 3.63) is 24.2 Å². The summed E-state index contributed by atoms with van der Waals surface area (Å²) in [6.07, 6.45) is 8.79. The molecule has 1 saturated heterocycles. The molecule has 6 nitrogen and oxygen atoms in total. The van der Waals surface area contributed by atoms with E-state index < -0.39 is 0 Å². The number of nitrogens with one attached hydrogen (secondary N) is 1. The summed E-state index contributed by atoms with van der Waals surface area (Å²) >= 11 is 0. The highest BCUT2D eigenvalue weighted by Crippen LogP contribution is 2.27. The molecule has 1 atom stereocenters. The summed E-state index contributed by atoms with van der Waals surface area (Å²) in [6, 6.07) is 4.63. The van der Waals surface area contributed by atoms with Crippen LogP contribution in [-0.2, 0) is 0 Å². The predicted molar refractivity (Wildman–Crippen MR) is 92.9 cm³/mol. The number of pyridine rings is 1. The van der Waals surface area contributed by atoms with E-state index in [9.17, 15) is 4.79 Å². The second-order valence-electron chi connectivity index (χ2n) is 7.05. The maximum absolute atomic E-state index is 12.6. The highest BCUT2D eigenvalue weighted by atomic mass is 16.2. The quantitative estimate of drug-likeness (QED) is 0.922. The standard InChI is InChI=1S/C18H25N5O/c1-13-20-16-8-5-10-19-17(16)23(13)15-9-11-22(12-15)18(24)21-14-6-3-2-4-7-14/h5,8,10,14-15H,2-4,6-7,9,11-12H2,1H3,(H,21,24)/t15-/m1/s1. The van der Waals surface area contributed by atoms with Gasteiger partial charge in [0.1, 0.15) is 11.3 Å². The molecule has 128 valence electrons. The lowest BCUT2D eigenvalue weighted by molar-refractivity contribution is 0.199. The molecule has 1 N–H and O–H groups in total. The zero-order valence-corrected chi connectivity index (χ0v) is 14.2. The molecule has 6 heteroatoms. The highest BCUT2D eigenvalue weighted by Gasteiger charge is 2.30. The molecule has 24 heavy (non-hydrogen) atoms. The summed E-state index contributed by atoms with van der Waals surface area (Å²) < 4.78 is 2.20. The van der Waals surface area contributed by atoms with Crippen LogP contribution in [0.4, 0.5) is 4.79 Å². The Hall–Kier alpha value is -2.11. The predicted octanol–water partition coefficient (Wildman–Crippen LogP) is 3.03. The van der Waals surface area contributed by atoms with Gasteiger partial charge in [0.05, 0.1) is 6.04 Å². The zero-order valence-electron chi connectivity index (χ0n) is 14.2. The number of carbonyl (C=O) groups is 1. The second-order valence-corrected chi connectivity index (χ2v) is 7.05. The number of aryl methyl sites for hydroxylation is 1. The number of rotatable bonds is 2. The van der Waals surface area contributed by atoms with Crippen LogP contribution in [0.2, 0.25) is 0 Å². The molecule has 2 fully saturated rings. The van der Waals surface area contributed by atoms with Gasteiger partial charge in [-0.05, 0) is 38.3 Å². The smallest absolute Gasteiger partial charge is 0.317 e. The molecule has 0 radical (unpaired) electrons. The largest absolute Gasteiger partial charge is 0.335 e. The molecular formula is C18H25N5O. The Morgan fingerprint density at radius 1 is 1.25 bits per heavy atom. The van der Waals surface area contributed by atoms with Crippen LogP contribution in [0.3, 0.4) is 0 Å². The van der Waals surface area contributed by atoms with E-state index in [0.717, 1.165) is 49.3 Å². The lowest BCUT2D eigenvalue weighted by Crippen LogP contribution is -2.44. The van der Waals surface area contributed by atoms with Crippen molar-refractivity contribution >= 4 is 17.2 Å². The molecule has 0 aromatic carbocycles. The number of fused-ring (bicyclic) bond motifs is 1. The van der Waals surface area contributed by atoms with E-state index in [-0.39, 0.29) is 12.1 Å². The number of nitrogens with zero attached hydrogens (tertiary/aromatic N) is 4. The molecule has 1 saturated carbocycles. The molecule has 3 heterocycles. The summed E-state index contributed by atoms with van der Waals surface area (Å²) in [4.78, 5) is 23.6. The van der Waals surface area contributed by atoms with Crippen LogP contribution in [0.25, 0.3) is 11.2 Å². The first-order valence-corrected chi connectivity index (χ1v) is 9.07. The van der Waals surface area contributed by atoms with Crippen molar-refractivity contribution in [1.82, 2.24) is 24.8 Å². The first-order chi connectivity index (χ1) is 11.7. The van der Waals surface area contributed by atoms with E-state index in [1.165, 1.54) is 19.3 Å². The van der Waals surface area contributed by atoms with Crippen LogP contribution in [0.15, 0.2) is 18.3 Å². The Morgan fingerprint density at radius 2 is 2.08 bits per heavy atom. The molecule has 1 aliphatic carbocycles. The minimum atomic E-state index is 0.0967. The number of hydrogen-bond donors (Lipinski definition) is 1. The number of carbonyl (C=O) groups excluding carboxylic acids is 1. The lowest BCUT2D eigenvalue weighted by atomic mass is 9.96. The molecule has 0 spiro atoms. The Morgan fingerprint density at radius 3 is 2.92 bits per heavy atom. The van der Waals surface area contributed by atoms with Crippen LogP contribution >= 0.6 is 0 Å². The Balaban J connectivity index is 1.45. The third-order valence-corrected chi connectivity index (χ3v) is 5.37. The third kappa shape index (κ3) is 2.85. The van der Waals surface area contributed by atoms with Crippen molar-refractivity contribution in [2.75, 3.05) is 13.1 Å². The van der Waals surface area contributed by atoms with Gasteiger partial charge in [0.15, 0.2) is 5.65 Å². The molecule has 2 aliphatic rings. The average molecular weight is 327 g/mol. The number of amides is 2. The van der Waals surface area contributed by atoms with Crippen molar-refractivity contribution in [3.8, 4) is 0 Å². The fourth-order valence-electron chi connectivity index (χ4n) is 4.13. The van der Waals surface area contributed by atoms with Crippen LogP contribution in [0.1, 0.15) is 50.4 Å².